The molecule has 1 unspecified atom stereocenters. The van der Waals surface area contributed by atoms with Gasteiger partial charge in [-0.1, -0.05) is 6.92 Å². The van der Waals surface area contributed by atoms with Crippen molar-refractivity contribution in [2.45, 2.75) is 32.2 Å². The highest BCUT2D eigenvalue weighted by atomic mass is 16.5. The second kappa shape index (κ2) is 5.88. The van der Waals surface area contributed by atoms with Crippen molar-refractivity contribution in [1.82, 2.24) is 5.32 Å². The first kappa shape index (κ1) is 13.0. The molecule has 3 N–H and O–H groups in total. The van der Waals surface area contributed by atoms with Crippen molar-refractivity contribution in [3.05, 3.63) is 0 Å². The lowest BCUT2D eigenvalue weighted by atomic mass is 9.82. The predicted molar refractivity (Wildman–Crippen MR) is 62.6 cm³/mol. The smallest absolute Gasteiger partial charge is 0.237 e. The van der Waals surface area contributed by atoms with Crippen molar-refractivity contribution >= 4 is 5.91 Å². The van der Waals surface area contributed by atoms with Crippen LogP contribution in [0.2, 0.25) is 0 Å². The van der Waals surface area contributed by atoms with E-state index in [1.807, 2.05) is 0 Å². The van der Waals surface area contributed by atoms with E-state index in [0.717, 1.165) is 26.1 Å². The number of carbonyl (C=O) groups excluding carboxylic acids is 1. The highest BCUT2D eigenvalue weighted by Crippen LogP contribution is 2.28. The molecule has 0 aromatic carbocycles. The van der Waals surface area contributed by atoms with Crippen molar-refractivity contribution in [2.75, 3.05) is 19.8 Å². The van der Waals surface area contributed by atoms with Crippen LogP contribution in [0.25, 0.3) is 0 Å². The van der Waals surface area contributed by atoms with E-state index in [1.54, 1.807) is 0 Å². The van der Waals surface area contributed by atoms with E-state index < -0.39 is 6.04 Å². The molecule has 0 radical (unpaired) electrons. The standard InChI is InChI=1S/C12H20N2O2/c1-3-4-10(13)11(15)14-9-12(2)5-7-16-8-6-12/h1,10H,4-9,13H2,2H3,(H,14,15). The monoisotopic (exact) mass is 224 g/mol. The number of nitrogens with one attached hydrogen (secondary N) is 1. The van der Waals surface area contributed by atoms with Gasteiger partial charge in [-0.3, -0.25) is 4.79 Å². The second-order valence-corrected chi connectivity index (χ2v) is 4.66. The molecule has 0 spiro atoms. The minimum Gasteiger partial charge on any atom is -0.381 e. The summed E-state index contributed by atoms with van der Waals surface area (Å²) >= 11 is 0. The molecule has 1 aliphatic rings. The third kappa shape index (κ3) is 3.84. The van der Waals surface area contributed by atoms with Gasteiger partial charge in [0, 0.05) is 26.2 Å². The normalized spacial score (nSPS) is 20.8. The highest BCUT2D eigenvalue weighted by Gasteiger charge is 2.28. The average Bonchev–Trinajstić information content (AvgIpc) is 2.27. The number of nitrogens with two attached hydrogens (primary N) is 1. The van der Waals surface area contributed by atoms with Crippen LogP contribution < -0.4 is 11.1 Å². The largest absolute Gasteiger partial charge is 0.381 e. The molecular formula is C12H20N2O2. The molecule has 1 atom stereocenters. The zero-order valence-electron chi connectivity index (χ0n) is 9.79. The predicted octanol–water partition coefficient (Wildman–Crippen LogP) is 0.270. The highest BCUT2D eigenvalue weighted by molar-refractivity contribution is 5.81. The van der Waals surface area contributed by atoms with Gasteiger partial charge in [0.25, 0.3) is 0 Å². The van der Waals surface area contributed by atoms with Gasteiger partial charge in [-0.05, 0) is 18.3 Å². The number of carbonyl (C=O) groups is 1. The number of hydrogen-bond acceptors (Lipinski definition) is 3. The zero-order valence-corrected chi connectivity index (χ0v) is 9.79. The molecule has 1 rings (SSSR count). The number of hydrogen-bond donors (Lipinski definition) is 2. The summed E-state index contributed by atoms with van der Waals surface area (Å²) < 4.78 is 5.29. The fraction of sp³-hybridized carbons (Fsp3) is 0.750. The third-order valence-corrected chi connectivity index (χ3v) is 3.06. The summed E-state index contributed by atoms with van der Waals surface area (Å²) in [6.07, 6.45) is 7.33. The minimum absolute atomic E-state index is 0.129. The van der Waals surface area contributed by atoms with Crippen LogP contribution in [0.15, 0.2) is 0 Å². The summed E-state index contributed by atoms with van der Waals surface area (Å²) in [5, 5.41) is 2.86. The Balaban J connectivity index is 2.33. The first-order valence-corrected chi connectivity index (χ1v) is 5.62. The fourth-order valence-corrected chi connectivity index (χ4v) is 1.69. The molecule has 0 bridgehead atoms. The molecule has 4 nitrogen and oxygen atoms in total. The number of ether oxygens (including phenoxy) is 1. The van der Waals surface area contributed by atoms with Crippen LogP contribution in [-0.4, -0.2) is 31.7 Å². The number of amides is 1. The Kier molecular flexibility index (Phi) is 4.78. The molecule has 1 heterocycles. The Morgan fingerprint density at radius 3 is 2.81 bits per heavy atom. The van der Waals surface area contributed by atoms with Crippen LogP contribution in [0.5, 0.6) is 0 Å². The molecule has 0 saturated carbocycles. The lowest BCUT2D eigenvalue weighted by molar-refractivity contribution is -0.123. The zero-order chi connectivity index (χ0) is 12.0. The van der Waals surface area contributed by atoms with Crippen LogP contribution >= 0.6 is 0 Å². The number of rotatable bonds is 4. The Morgan fingerprint density at radius 2 is 2.25 bits per heavy atom. The van der Waals surface area contributed by atoms with E-state index in [-0.39, 0.29) is 17.7 Å². The Hall–Kier alpha value is -1.05. The van der Waals surface area contributed by atoms with E-state index in [0.29, 0.717) is 6.54 Å². The van der Waals surface area contributed by atoms with E-state index >= 15 is 0 Å². The van der Waals surface area contributed by atoms with Crippen LogP contribution in [0, 0.1) is 17.8 Å². The second-order valence-electron chi connectivity index (χ2n) is 4.66. The third-order valence-electron chi connectivity index (χ3n) is 3.06. The van der Waals surface area contributed by atoms with Gasteiger partial charge in [0.15, 0.2) is 0 Å². The SMILES string of the molecule is C#CCC(N)C(=O)NCC1(C)CCOCC1. The Labute approximate surface area is 96.9 Å². The van der Waals surface area contributed by atoms with Crippen LogP contribution in [0.4, 0.5) is 0 Å². The summed E-state index contributed by atoms with van der Waals surface area (Å²) in [6.45, 7) is 4.33. The molecule has 1 amide bonds. The lowest BCUT2D eigenvalue weighted by Crippen LogP contribution is -2.45. The van der Waals surface area contributed by atoms with Gasteiger partial charge in [0.1, 0.15) is 0 Å². The van der Waals surface area contributed by atoms with Gasteiger partial charge in [-0.15, -0.1) is 12.3 Å². The maximum atomic E-state index is 11.6. The maximum Gasteiger partial charge on any atom is 0.237 e. The molecule has 1 aliphatic heterocycles. The van der Waals surface area contributed by atoms with Gasteiger partial charge >= 0.3 is 0 Å². The van der Waals surface area contributed by atoms with Gasteiger partial charge in [0.05, 0.1) is 6.04 Å². The summed E-state index contributed by atoms with van der Waals surface area (Å²) in [4.78, 5) is 11.6. The molecule has 1 saturated heterocycles. The summed E-state index contributed by atoms with van der Waals surface area (Å²) in [5.74, 6) is 2.23. The maximum absolute atomic E-state index is 11.6. The summed E-state index contributed by atoms with van der Waals surface area (Å²) in [7, 11) is 0. The Morgan fingerprint density at radius 1 is 1.62 bits per heavy atom. The van der Waals surface area contributed by atoms with Crippen molar-refractivity contribution in [2.24, 2.45) is 11.1 Å². The summed E-state index contributed by atoms with van der Waals surface area (Å²) in [6, 6.07) is -0.589. The summed E-state index contributed by atoms with van der Waals surface area (Å²) in [5.41, 5.74) is 5.74. The molecule has 0 aliphatic carbocycles. The first-order valence-electron chi connectivity index (χ1n) is 5.62. The fourth-order valence-electron chi connectivity index (χ4n) is 1.69. The molecular weight excluding hydrogens is 204 g/mol. The van der Waals surface area contributed by atoms with Crippen molar-refractivity contribution in [3.8, 4) is 12.3 Å². The quantitative estimate of drug-likeness (QED) is 0.674. The van der Waals surface area contributed by atoms with E-state index in [1.165, 1.54) is 0 Å². The molecule has 90 valence electrons. The number of terminal acetylenes is 1. The van der Waals surface area contributed by atoms with Crippen LogP contribution in [-0.2, 0) is 9.53 Å². The van der Waals surface area contributed by atoms with Crippen LogP contribution in [0.3, 0.4) is 0 Å². The van der Waals surface area contributed by atoms with Gasteiger partial charge in [0.2, 0.25) is 5.91 Å². The van der Waals surface area contributed by atoms with E-state index in [9.17, 15) is 4.79 Å². The molecule has 16 heavy (non-hydrogen) atoms. The topological polar surface area (TPSA) is 64.4 Å². The molecule has 1 fully saturated rings. The van der Waals surface area contributed by atoms with E-state index in [2.05, 4.69) is 18.2 Å². The van der Waals surface area contributed by atoms with E-state index in [4.69, 9.17) is 16.9 Å². The first-order chi connectivity index (χ1) is 7.57. The average molecular weight is 224 g/mol. The minimum atomic E-state index is -0.589. The Bertz CT molecular complexity index is 277. The molecule has 0 aromatic heterocycles. The lowest BCUT2D eigenvalue weighted by Gasteiger charge is -2.33. The molecule has 4 heteroatoms. The van der Waals surface area contributed by atoms with Gasteiger partial charge < -0.3 is 15.8 Å². The molecule has 0 aromatic rings. The van der Waals surface area contributed by atoms with Crippen LogP contribution in [0.1, 0.15) is 26.2 Å². The van der Waals surface area contributed by atoms with Gasteiger partial charge in [-0.2, -0.15) is 0 Å². The van der Waals surface area contributed by atoms with Gasteiger partial charge in [-0.25, -0.2) is 0 Å². The van der Waals surface area contributed by atoms with Crippen molar-refractivity contribution < 1.29 is 9.53 Å². The van der Waals surface area contributed by atoms with Crippen molar-refractivity contribution in [3.63, 3.8) is 0 Å². The van der Waals surface area contributed by atoms with Crippen molar-refractivity contribution in [1.29, 1.82) is 0 Å².